The van der Waals surface area contributed by atoms with E-state index in [9.17, 15) is 9.59 Å². The number of hydrogen-bond acceptors (Lipinski definition) is 5. The van der Waals surface area contributed by atoms with Crippen molar-refractivity contribution < 1.29 is 14.3 Å². The number of nitrogens with zero attached hydrogens (tertiary/aromatic N) is 2. The van der Waals surface area contributed by atoms with Gasteiger partial charge in [0.25, 0.3) is 0 Å². The molecule has 0 radical (unpaired) electrons. The second kappa shape index (κ2) is 8.51. The number of hydrogen-bond donors (Lipinski definition) is 1. The maximum atomic E-state index is 12.6. The van der Waals surface area contributed by atoms with Crippen LogP contribution in [0.1, 0.15) is 19.8 Å². The number of halogens is 1. The normalized spacial score (nSPS) is 17.0. The molecular formula is C18H20ClN3O3S. The van der Waals surface area contributed by atoms with Gasteiger partial charge >= 0.3 is 6.09 Å². The van der Waals surface area contributed by atoms with Gasteiger partial charge < -0.3 is 15.0 Å². The summed E-state index contributed by atoms with van der Waals surface area (Å²) in [5.74, 6) is -0.389. The second-order valence-corrected chi connectivity index (χ2v) is 7.26. The summed E-state index contributed by atoms with van der Waals surface area (Å²) in [4.78, 5) is 30.5. The molecule has 1 unspecified atom stereocenters. The van der Waals surface area contributed by atoms with Gasteiger partial charge in [0.2, 0.25) is 5.91 Å². The number of thiazole rings is 1. The second-order valence-electron chi connectivity index (χ2n) is 5.99. The first kappa shape index (κ1) is 18.7. The van der Waals surface area contributed by atoms with Gasteiger partial charge in [0.1, 0.15) is 0 Å². The lowest BCUT2D eigenvalue weighted by Gasteiger charge is -2.30. The average molecular weight is 394 g/mol. The number of aromatic nitrogens is 1. The Morgan fingerprint density at radius 3 is 3.00 bits per heavy atom. The van der Waals surface area contributed by atoms with Crippen LogP contribution in [0.15, 0.2) is 29.6 Å². The molecule has 1 fully saturated rings. The topological polar surface area (TPSA) is 71.5 Å². The zero-order valence-corrected chi connectivity index (χ0v) is 16.0. The third-order valence-electron chi connectivity index (χ3n) is 4.20. The summed E-state index contributed by atoms with van der Waals surface area (Å²) >= 11 is 7.55. The lowest BCUT2D eigenvalue weighted by Crippen LogP contribution is -2.44. The van der Waals surface area contributed by atoms with Crippen LogP contribution in [0.5, 0.6) is 0 Å². The van der Waals surface area contributed by atoms with Crippen LogP contribution < -0.4 is 5.32 Å². The third-order valence-corrected chi connectivity index (χ3v) is 5.29. The monoisotopic (exact) mass is 393 g/mol. The van der Waals surface area contributed by atoms with E-state index in [1.165, 1.54) is 11.3 Å². The van der Waals surface area contributed by atoms with Crippen molar-refractivity contribution in [2.24, 2.45) is 5.92 Å². The fraction of sp³-hybridized carbons (Fsp3) is 0.389. The van der Waals surface area contributed by atoms with Gasteiger partial charge in [0.15, 0.2) is 5.13 Å². The minimum atomic E-state index is -0.361. The number of carbonyl (C=O) groups is 2. The van der Waals surface area contributed by atoms with E-state index in [0.717, 1.165) is 24.1 Å². The SMILES string of the molecule is CCOC(=O)N1CCCC(C(=O)Nc2nc(-c3ccccc3Cl)cs2)C1. The van der Waals surface area contributed by atoms with Crippen LogP contribution in [-0.2, 0) is 9.53 Å². The zero-order valence-electron chi connectivity index (χ0n) is 14.4. The van der Waals surface area contributed by atoms with E-state index in [1.807, 2.05) is 23.6 Å². The zero-order chi connectivity index (χ0) is 18.5. The molecule has 1 saturated heterocycles. The molecule has 1 aromatic heterocycles. The highest BCUT2D eigenvalue weighted by Crippen LogP contribution is 2.30. The fourth-order valence-corrected chi connectivity index (χ4v) is 3.85. The van der Waals surface area contributed by atoms with Gasteiger partial charge in [-0.05, 0) is 25.8 Å². The number of ether oxygens (including phenoxy) is 1. The summed E-state index contributed by atoms with van der Waals surface area (Å²) in [6.45, 7) is 3.09. The molecule has 0 aliphatic carbocycles. The number of piperidine rings is 1. The van der Waals surface area contributed by atoms with Gasteiger partial charge in [-0.3, -0.25) is 4.79 Å². The van der Waals surface area contributed by atoms with E-state index < -0.39 is 0 Å². The van der Waals surface area contributed by atoms with Crippen molar-refractivity contribution in [2.75, 3.05) is 25.0 Å². The van der Waals surface area contributed by atoms with Gasteiger partial charge in [-0.25, -0.2) is 9.78 Å². The Balaban J connectivity index is 1.63. The number of anilines is 1. The first-order chi connectivity index (χ1) is 12.6. The molecule has 8 heteroatoms. The molecule has 0 spiro atoms. The smallest absolute Gasteiger partial charge is 0.409 e. The van der Waals surface area contributed by atoms with E-state index in [2.05, 4.69) is 10.3 Å². The fourth-order valence-electron chi connectivity index (χ4n) is 2.90. The molecule has 138 valence electrons. The van der Waals surface area contributed by atoms with Crippen LogP contribution in [0.2, 0.25) is 5.02 Å². The van der Waals surface area contributed by atoms with Crippen LogP contribution >= 0.6 is 22.9 Å². The van der Waals surface area contributed by atoms with Crippen LogP contribution in [0, 0.1) is 5.92 Å². The molecule has 1 aliphatic rings. The van der Waals surface area contributed by atoms with E-state index in [0.29, 0.717) is 29.9 Å². The Kier molecular flexibility index (Phi) is 6.11. The Labute approximate surface area is 161 Å². The Morgan fingerprint density at radius 1 is 1.42 bits per heavy atom. The number of benzene rings is 1. The van der Waals surface area contributed by atoms with Crippen LogP contribution in [0.4, 0.5) is 9.93 Å². The molecule has 3 rings (SSSR count). The van der Waals surface area contributed by atoms with E-state index in [4.69, 9.17) is 16.3 Å². The van der Waals surface area contributed by atoms with Crippen LogP contribution in [0.25, 0.3) is 11.3 Å². The summed E-state index contributed by atoms with van der Waals surface area (Å²) in [6.07, 6.45) is 1.16. The number of nitrogens with one attached hydrogen (secondary N) is 1. The highest BCUT2D eigenvalue weighted by molar-refractivity contribution is 7.14. The maximum Gasteiger partial charge on any atom is 0.409 e. The lowest BCUT2D eigenvalue weighted by molar-refractivity contribution is -0.121. The Morgan fingerprint density at radius 2 is 2.23 bits per heavy atom. The molecule has 1 N–H and O–H groups in total. The minimum Gasteiger partial charge on any atom is -0.450 e. The van der Waals surface area contributed by atoms with Crippen LogP contribution in [0.3, 0.4) is 0 Å². The molecular weight excluding hydrogens is 374 g/mol. The van der Waals surface area contributed by atoms with Crippen molar-refractivity contribution >= 4 is 40.1 Å². The molecule has 0 bridgehead atoms. The van der Waals surface area contributed by atoms with Gasteiger partial charge in [0, 0.05) is 29.1 Å². The Hall–Kier alpha value is -2.12. The number of rotatable bonds is 4. The van der Waals surface area contributed by atoms with Gasteiger partial charge in [-0.1, -0.05) is 29.8 Å². The van der Waals surface area contributed by atoms with E-state index >= 15 is 0 Å². The Bertz CT molecular complexity index is 795. The van der Waals surface area contributed by atoms with Crippen molar-refractivity contribution in [3.8, 4) is 11.3 Å². The summed E-state index contributed by atoms with van der Waals surface area (Å²) in [6, 6.07) is 7.45. The average Bonchev–Trinajstić information content (AvgIpc) is 3.10. The first-order valence-electron chi connectivity index (χ1n) is 8.51. The maximum absolute atomic E-state index is 12.6. The highest BCUT2D eigenvalue weighted by Gasteiger charge is 2.29. The largest absolute Gasteiger partial charge is 0.450 e. The lowest BCUT2D eigenvalue weighted by atomic mass is 9.97. The summed E-state index contributed by atoms with van der Waals surface area (Å²) in [5.41, 5.74) is 1.56. The van der Waals surface area contributed by atoms with Crippen molar-refractivity contribution in [1.29, 1.82) is 0 Å². The number of carbonyl (C=O) groups excluding carboxylic acids is 2. The minimum absolute atomic E-state index is 0.126. The molecule has 1 atom stereocenters. The van der Waals surface area contributed by atoms with Gasteiger partial charge in [-0.15, -0.1) is 11.3 Å². The first-order valence-corrected chi connectivity index (χ1v) is 9.77. The van der Waals surface area contributed by atoms with Crippen molar-refractivity contribution in [2.45, 2.75) is 19.8 Å². The third kappa shape index (κ3) is 4.34. The molecule has 0 saturated carbocycles. The predicted octanol–water partition coefficient (Wildman–Crippen LogP) is 4.27. The van der Waals surface area contributed by atoms with Crippen LogP contribution in [-0.4, -0.2) is 41.6 Å². The van der Waals surface area contributed by atoms with Crippen molar-refractivity contribution in [3.05, 3.63) is 34.7 Å². The highest BCUT2D eigenvalue weighted by atomic mass is 35.5. The predicted molar refractivity (Wildman–Crippen MR) is 103 cm³/mol. The quantitative estimate of drug-likeness (QED) is 0.841. The summed E-state index contributed by atoms with van der Waals surface area (Å²) < 4.78 is 5.02. The molecule has 2 amide bonds. The van der Waals surface area contributed by atoms with Crippen molar-refractivity contribution in [1.82, 2.24) is 9.88 Å². The van der Waals surface area contributed by atoms with E-state index in [-0.39, 0.29) is 17.9 Å². The molecule has 1 aliphatic heterocycles. The molecule has 2 aromatic rings. The molecule has 1 aromatic carbocycles. The number of amides is 2. The standard InChI is InChI=1S/C18H20ClN3O3S/c1-2-25-18(24)22-9-5-6-12(10-22)16(23)21-17-20-15(11-26-17)13-7-3-4-8-14(13)19/h3-4,7-8,11-12H,2,5-6,9-10H2,1H3,(H,20,21,23). The molecule has 6 nitrogen and oxygen atoms in total. The number of likely N-dealkylation sites (tertiary alicyclic amines) is 1. The van der Waals surface area contributed by atoms with Gasteiger partial charge in [-0.2, -0.15) is 0 Å². The van der Waals surface area contributed by atoms with Crippen molar-refractivity contribution in [3.63, 3.8) is 0 Å². The summed E-state index contributed by atoms with van der Waals surface area (Å²) in [7, 11) is 0. The molecule has 2 heterocycles. The molecule has 26 heavy (non-hydrogen) atoms. The summed E-state index contributed by atoms with van der Waals surface area (Å²) in [5, 5.41) is 5.87. The van der Waals surface area contributed by atoms with E-state index in [1.54, 1.807) is 17.9 Å². The van der Waals surface area contributed by atoms with Gasteiger partial charge in [0.05, 0.1) is 18.2 Å².